The molecule has 0 spiro atoms. The van der Waals surface area contributed by atoms with Crippen LogP contribution in [0.5, 0.6) is 0 Å². The second-order valence-electron chi connectivity index (χ2n) is 9.70. The highest BCUT2D eigenvalue weighted by Crippen LogP contribution is 2.34. The maximum atomic E-state index is 13.4. The minimum Gasteiger partial charge on any atom is -0.399 e. The Labute approximate surface area is 209 Å². The smallest absolute Gasteiger partial charge is 0.399 e. The molecule has 1 aromatic carbocycles. The van der Waals surface area contributed by atoms with Gasteiger partial charge in [-0.2, -0.15) is 18.2 Å². The first-order chi connectivity index (χ1) is 16.9. The van der Waals surface area contributed by atoms with Gasteiger partial charge < -0.3 is 20.9 Å². The van der Waals surface area contributed by atoms with Crippen LogP contribution in [0.25, 0.3) is 10.9 Å². The Morgan fingerprint density at radius 1 is 1.00 bits per heavy atom. The standard InChI is InChI=1S/C25H33F3N8/c1-15(2)35-6-8-36(9-7-35)22-13-20-21(14-30-22)32-24(34(4)5)33-23(20)31-16(3)17-10-18(25(26,27)28)12-19(29)11-17/h10-16H,6-9,29H2,1-5H3,(H,31,32,33)/t16-/m1/s1. The quantitative estimate of drug-likeness (QED) is 0.480. The number of nitrogens with zero attached hydrogens (tertiary/aromatic N) is 6. The molecular weight excluding hydrogens is 469 g/mol. The average Bonchev–Trinajstić information content (AvgIpc) is 2.82. The van der Waals surface area contributed by atoms with Crippen molar-refractivity contribution >= 4 is 34.2 Å². The predicted octanol–water partition coefficient (Wildman–Crippen LogP) is 4.40. The van der Waals surface area contributed by atoms with Crippen molar-refractivity contribution in [2.45, 2.75) is 39.0 Å². The summed E-state index contributed by atoms with van der Waals surface area (Å²) in [6.07, 6.45) is -2.75. The number of anilines is 4. The number of nitrogens with one attached hydrogen (secondary N) is 1. The van der Waals surface area contributed by atoms with Gasteiger partial charge in [-0.3, -0.25) is 4.90 Å². The first-order valence-corrected chi connectivity index (χ1v) is 12.0. The lowest BCUT2D eigenvalue weighted by molar-refractivity contribution is -0.137. The largest absolute Gasteiger partial charge is 0.416 e. The molecule has 3 heterocycles. The van der Waals surface area contributed by atoms with Crippen LogP contribution < -0.4 is 20.9 Å². The predicted molar refractivity (Wildman–Crippen MR) is 138 cm³/mol. The van der Waals surface area contributed by atoms with E-state index in [0.717, 1.165) is 49.5 Å². The van der Waals surface area contributed by atoms with Gasteiger partial charge >= 0.3 is 6.18 Å². The molecule has 1 aliphatic heterocycles. The maximum absolute atomic E-state index is 13.4. The van der Waals surface area contributed by atoms with Crippen LogP contribution >= 0.6 is 0 Å². The summed E-state index contributed by atoms with van der Waals surface area (Å²) >= 11 is 0. The molecule has 0 saturated carbocycles. The molecular formula is C25H33F3N8. The first kappa shape index (κ1) is 25.7. The van der Waals surface area contributed by atoms with E-state index in [-0.39, 0.29) is 5.69 Å². The number of hydrogen-bond acceptors (Lipinski definition) is 8. The van der Waals surface area contributed by atoms with Crippen molar-refractivity contribution < 1.29 is 13.2 Å². The third-order valence-corrected chi connectivity index (χ3v) is 6.48. The number of pyridine rings is 1. The Morgan fingerprint density at radius 3 is 2.31 bits per heavy atom. The van der Waals surface area contributed by atoms with Crippen LogP contribution in [0.1, 0.15) is 37.9 Å². The Hall–Kier alpha value is -3.34. The molecule has 1 atom stereocenters. The van der Waals surface area contributed by atoms with Crippen LogP contribution in [0, 0.1) is 0 Å². The number of rotatable bonds is 6. The van der Waals surface area contributed by atoms with E-state index in [1.807, 2.05) is 20.2 Å². The molecule has 4 rings (SSSR count). The number of nitrogens with two attached hydrogens (primary N) is 1. The van der Waals surface area contributed by atoms with Crippen molar-refractivity contribution in [1.82, 2.24) is 19.9 Å². The van der Waals surface area contributed by atoms with Gasteiger partial charge in [0.05, 0.1) is 23.3 Å². The summed E-state index contributed by atoms with van der Waals surface area (Å²) in [4.78, 5) is 20.4. The summed E-state index contributed by atoms with van der Waals surface area (Å²) in [6.45, 7) is 9.79. The van der Waals surface area contributed by atoms with Gasteiger partial charge in [-0.05, 0) is 50.6 Å². The SMILES string of the molecule is CC(C)N1CCN(c2cc3c(N[C@H](C)c4cc(N)cc(C(F)(F)F)c4)nc(N(C)C)nc3cn2)CC1. The second-order valence-corrected chi connectivity index (χ2v) is 9.70. The molecule has 11 heteroatoms. The van der Waals surface area contributed by atoms with Crippen LogP contribution in [0.2, 0.25) is 0 Å². The van der Waals surface area contributed by atoms with Crippen molar-refractivity contribution in [2.24, 2.45) is 0 Å². The third kappa shape index (κ3) is 5.56. The first-order valence-electron chi connectivity index (χ1n) is 12.0. The Balaban J connectivity index is 1.69. The number of hydrogen-bond donors (Lipinski definition) is 2. The summed E-state index contributed by atoms with van der Waals surface area (Å²) in [5.74, 6) is 1.82. The average molecular weight is 503 g/mol. The molecule has 0 unspecified atom stereocenters. The van der Waals surface area contributed by atoms with E-state index in [1.165, 1.54) is 0 Å². The molecule has 1 saturated heterocycles. The van der Waals surface area contributed by atoms with Gasteiger partial charge in [0.1, 0.15) is 11.6 Å². The number of benzene rings is 1. The van der Waals surface area contributed by atoms with Crippen molar-refractivity contribution in [2.75, 3.05) is 61.1 Å². The maximum Gasteiger partial charge on any atom is 0.416 e. The minimum atomic E-state index is -4.48. The Bertz CT molecular complexity index is 1220. The van der Waals surface area contributed by atoms with Crippen LogP contribution in [-0.4, -0.2) is 66.2 Å². The fourth-order valence-electron chi connectivity index (χ4n) is 4.34. The molecule has 0 amide bonds. The summed E-state index contributed by atoms with van der Waals surface area (Å²) in [5.41, 5.74) is 6.14. The molecule has 8 nitrogen and oxygen atoms in total. The zero-order chi connectivity index (χ0) is 26.2. The van der Waals surface area contributed by atoms with E-state index in [9.17, 15) is 13.2 Å². The lowest BCUT2D eigenvalue weighted by Crippen LogP contribution is -2.49. The fourth-order valence-corrected chi connectivity index (χ4v) is 4.34. The van der Waals surface area contributed by atoms with Gasteiger partial charge in [-0.25, -0.2) is 9.97 Å². The fraction of sp³-hybridized carbons (Fsp3) is 0.480. The van der Waals surface area contributed by atoms with E-state index in [0.29, 0.717) is 28.9 Å². The van der Waals surface area contributed by atoms with E-state index in [4.69, 9.17) is 5.73 Å². The number of halogens is 3. The Morgan fingerprint density at radius 2 is 1.69 bits per heavy atom. The van der Waals surface area contributed by atoms with E-state index in [1.54, 1.807) is 24.1 Å². The molecule has 194 valence electrons. The van der Waals surface area contributed by atoms with Crippen LogP contribution in [0.4, 0.5) is 36.4 Å². The molecule has 0 aliphatic carbocycles. The summed E-state index contributed by atoms with van der Waals surface area (Å²) in [5, 5.41) is 4.05. The molecule has 2 aromatic heterocycles. The highest BCUT2D eigenvalue weighted by Gasteiger charge is 2.31. The van der Waals surface area contributed by atoms with E-state index < -0.39 is 17.8 Å². The topological polar surface area (TPSA) is 86.4 Å². The van der Waals surface area contributed by atoms with Gasteiger partial charge in [0, 0.05) is 57.4 Å². The normalized spacial score (nSPS) is 16.0. The minimum absolute atomic E-state index is 0.0574. The number of alkyl halides is 3. The van der Waals surface area contributed by atoms with Crippen molar-refractivity contribution in [1.29, 1.82) is 0 Å². The van der Waals surface area contributed by atoms with Gasteiger partial charge in [-0.15, -0.1) is 0 Å². The van der Waals surface area contributed by atoms with Crippen LogP contribution in [0.3, 0.4) is 0 Å². The molecule has 0 radical (unpaired) electrons. The van der Waals surface area contributed by atoms with Crippen LogP contribution in [-0.2, 0) is 6.18 Å². The van der Waals surface area contributed by atoms with Gasteiger partial charge in [0.2, 0.25) is 5.95 Å². The molecule has 3 N–H and O–H groups in total. The number of aromatic nitrogens is 3. The lowest BCUT2D eigenvalue weighted by atomic mass is 10.0. The lowest BCUT2D eigenvalue weighted by Gasteiger charge is -2.37. The van der Waals surface area contributed by atoms with Gasteiger partial charge in [0.15, 0.2) is 0 Å². The van der Waals surface area contributed by atoms with Crippen molar-refractivity contribution in [3.05, 3.63) is 41.6 Å². The second kappa shape index (κ2) is 9.96. The molecule has 1 aliphatic rings. The molecule has 3 aromatic rings. The van der Waals surface area contributed by atoms with E-state index >= 15 is 0 Å². The van der Waals surface area contributed by atoms with Crippen LogP contribution in [0.15, 0.2) is 30.5 Å². The number of piperazine rings is 1. The van der Waals surface area contributed by atoms with Gasteiger partial charge in [-0.1, -0.05) is 0 Å². The highest BCUT2D eigenvalue weighted by molar-refractivity contribution is 5.91. The third-order valence-electron chi connectivity index (χ3n) is 6.48. The van der Waals surface area contributed by atoms with Crippen molar-refractivity contribution in [3.8, 4) is 0 Å². The summed E-state index contributed by atoms with van der Waals surface area (Å²) in [7, 11) is 3.66. The zero-order valence-corrected chi connectivity index (χ0v) is 21.3. The molecule has 36 heavy (non-hydrogen) atoms. The molecule has 1 fully saturated rings. The highest BCUT2D eigenvalue weighted by atomic mass is 19.4. The van der Waals surface area contributed by atoms with Crippen molar-refractivity contribution in [3.63, 3.8) is 0 Å². The molecule has 0 bridgehead atoms. The monoisotopic (exact) mass is 502 g/mol. The summed E-state index contributed by atoms with van der Waals surface area (Å²) in [6, 6.07) is 5.56. The summed E-state index contributed by atoms with van der Waals surface area (Å²) < 4.78 is 40.1. The van der Waals surface area contributed by atoms with E-state index in [2.05, 4.69) is 43.9 Å². The number of nitrogen functional groups attached to an aromatic ring is 1. The number of fused-ring (bicyclic) bond motifs is 1. The van der Waals surface area contributed by atoms with Gasteiger partial charge in [0.25, 0.3) is 0 Å². The Kier molecular flexibility index (Phi) is 7.12. The zero-order valence-electron chi connectivity index (χ0n) is 21.3.